The highest BCUT2D eigenvalue weighted by Crippen LogP contribution is 2.39. The zero-order valence-corrected chi connectivity index (χ0v) is 14.9. The van der Waals surface area contributed by atoms with E-state index in [0.717, 1.165) is 23.3 Å². The highest BCUT2D eigenvalue weighted by Gasteiger charge is 2.27. The maximum Gasteiger partial charge on any atom is 0.305 e. The van der Waals surface area contributed by atoms with Crippen LogP contribution >= 0.6 is 0 Å². The predicted molar refractivity (Wildman–Crippen MR) is 96.5 cm³/mol. The smallest absolute Gasteiger partial charge is 0.305 e. The SMILES string of the molecule is COc1ccc2c(c1)CC(C)(C)C(/C=C/C(O)CC(O)CC(=O)O)=C2. The fourth-order valence-electron chi connectivity index (χ4n) is 3.07. The largest absolute Gasteiger partial charge is 0.497 e. The van der Waals surface area contributed by atoms with E-state index in [0.29, 0.717) is 0 Å². The summed E-state index contributed by atoms with van der Waals surface area (Å²) in [6.45, 7) is 4.27. The number of carbonyl (C=O) groups is 1. The Morgan fingerprint density at radius 1 is 1.36 bits per heavy atom. The lowest BCUT2D eigenvalue weighted by Crippen LogP contribution is -2.22. The summed E-state index contributed by atoms with van der Waals surface area (Å²) in [7, 11) is 1.65. The molecule has 0 radical (unpaired) electrons. The van der Waals surface area contributed by atoms with Gasteiger partial charge in [0.2, 0.25) is 0 Å². The summed E-state index contributed by atoms with van der Waals surface area (Å²) in [4.78, 5) is 10.6. The van der Waals surface area contributed by atoms with Crippen LogP contribution in [-0.4, -0.2) is 40.6 Å². The number of fused-ring (bicyclic) bond motifs is 1. The molecule has 5 nitrogen and oxygen atoms in total. The number of hydrogen-bond acceptors (Lipinski definition) is 4. The number of allylic oxidation sites excluding steroid dienone is 2. The van der Waals surface area contributed by atoms with Gasteiger partial charge in [-0.05, 0) is 40.7 Å². The number of methoxy groups -OCH3 is 1. The van der Waals surface area contributed by atoms with Gasteiger partial charge >= 0.3 is 5.97 Å². The quantitative estimate of drug-likeness (QED) is 0.707. The van der Waals surface area contributed by atoms with Gasteiger partial charge in [-0.2, -0.15) is 0 Å². The van der Waals surface area contributed by atoms with Crippen LogP contribution in [0.4, 0.5) is 0 Å². The van der Waals surface area contributed by atoms with E-state index in [-0.39, 0.29) is 18.3 Å². The number of rotatable bonds is 7. The molecule has 5 heteroatoms. The van der Waals surface area contributed by atoms with Crippen LogP contribution in [0.3, 0.4) is 0 Å². The van der Waals surface area contributed by atoms with Crippen LogP contribution in [0, 0.1) is 5.41 Å². The van der Waals surface area contributed by atoms with Gasteiger partial charge in [-0.1, -0.05) is 38.1 Å². The van der Waals surface area contributed by atoms with Gasteiger partial charge in [0.15, 0.2) is 0 Å². The number of carboxylic acids is 1. The van der Waals surface area contributed by atoms with Gasteiger partial charge in [-0.15, -0.1) is 0 Å². The van der Waals surface area contributed by atoms with E-state index >= 15 is 0 Å². The van der Waals surface area contributed by atoms with Crippen LogP contribution in [0.5, 0.6) is 5.75 Å². The van der Waals surface area contributed by atoms with E-state index < -0.39 is 18.2 Å². The first-order valence-corrected chi connectivity index (χ1v) is 8.36. The molecule has 0 amide bonds. The second-order valence-corrected chi connectivity index (χ2v) is 7.14. The van der Waals surface area contributed by atoms with Gasteiger partial charge in [-0.25, -0.2) is 0 Å². The van der Waals surface area contributed by atoms with E-state index in [1.807, 2.05) is 24.3 Å². The van der Waals surface area contributed by atoms with Gasteiger partial charge in [0.1, 0.15) is 5.75 Å². The normalized spacial score (nSPS) is 18.4. The Balaban J connectivity index is 2.13. The van der Waals surface area contributed by atoms with E-state index in [1.54, 1.807) is 13.2 Å². The highest BCUT2D eigenvalue weighted by molar-refractivity contribution is 5.67. The summed E-state index contributed by atoms with van der Waals surface area (Å²) in [5, 5.41) is 28.3. The molecule has 0 aromatic heterocycles. The third-order valence-electron chi connectivity index (χ3n) is 4.50. The maximum absolute atomic E-state index is 10.6. The van der Waals surface area contributed by atoms with Crippen LogP contribution in [0.1, 0.15) is 37.8 Å². The number of hydrogen-bond donors (Lipinski definition) is 3. The van der Waals surface area contributed by atoms with Crippen molar-refractivity contribution in [3.05, 3.63) is 47.1 Å². The Hall–Kier alpha value is -2.11. The van der Waals surface area contributed by atoms with Crippen molar-refractivity contribution in [2.75, 3.05) is 7.11 Å². The number of aliphatic hydroxyl groups is 2. The zero-order chi connectivity index (χ0) is 18.6. The maximum atomic E-state index is 10.6. The van der Waals surface area contributed by atoms with Crippen LogP contribution in [0.15, 0.2) is 35.9 Å². The summed E-state index contributed by atoms with van der Waals surface area (Å²) >= 11 is 0. The predicted octanol–water partition coefficient (Wildman–Crippen LogP) is 2.80. The number of aliphatic carboxylic acids is 1. The van der Waals surface area contributed by atoms with Gasteiger partial charge in [0.05, 0.1) is 25.7 Å². The molecule has 2 rings (SSSR count). The number of ether oxygens (including phenoxy) is 1. The van der Waals surface area contributed by atoms with Gasteiger partial charge < -0.3 is 20.1 Å². The lowest BCUT2D eigenvalue weighted by atomic mass is 9.73. The van der Waals surface area contributed by atoms with Crippen LogP contribution in [0.25, 0.3) is 6.08 Å². The molecule has 0 bridgehead atoms. The second-order valence-electron chi connectivity index (χ2n) is 7.14. The average molecular weight is 346 g/mol. The Labute approximate surface area is 148 Å². The lowest BCUT2D eigenvalue weighted by molar-refractivity contribution is -0.139. The summed E-state index contributed by atoms with van der Waals surface area (Å²) in [6.07, 6.45) is 4.13. The summed E-state index contributed by atoms with van der Waals surface area (Å²) < 4.78 is 5.29. The minimum absolute atomic E-state index is 0.00426. The molecular weight excluding hydrogens is 320 g/mol. The molecule has 1 aromatic rings. The molecule has 25 heavy (non-hydrogen) atoms. The Kier molecular flexibility index (Phi) is 6.03. The average Bonchev–Trinajstić information content (AvgIpc) is 2.50. The summed E-state index contributed by atoms with van der Waals surface area (Å²) in [6, 6.07) is 5.99. The van der Waals surface area contributed by atoms with E-state index in [4.69, 9.17) is 9.84 Å². The van der Waals surface area contributed by atoms with Crippen molar-refractivity contribution in [1.82, 2.24) is 0 Å². The van der Waals surface area contributed by atoms with Crippen LogP contribution < -0.4 is 4.74 Å². The first-order chi connectivity index (χ1) is 11.7. The molecule has 136 valence electrons. The van der Waals surface area contributed by atoms with Crippen molar-refractivity contribution in [2.45, 2.75) is 45.3 Å². The molecule has 1 aliphatic carbocycles. The van der Waals surface area contributed by atoms with Crippen molar-refractivity contribution in [1.29, 1.82) is 0 Å². The number of aliphatic hydroxyl groups excluding tert-OH is 2. The van der Waals surface area contributed by atoms with Gasteiger partial charge in [-0.3, -0.25) is 4.79 Å². The third kappa shape index (κ3) is 5.18. The van der Waals surface area contributed by atoms with Crippen molar-refractivity contribution >= 4 is 12.0 Å². The first-order valence-electron chi connectivity index (χ1n) is 8.36. The zero-order valence-electron chi connectivity index (χ0n) is 14.9. The Morgan fingerprint density at radius 2 is 2.08 bits per heavy atom. The molecule has 0 spiro atoms. The third-order valence-corrected chi connectivity index (χ3v) is 4.50. The molecule has 1 aliphatic rings. The molecule has 0 saturated heterocycles. The van der Waals surface area contributed by atoms with Crippen LogP contribution in [0.2, 0.25) is 0 Å². The monoisotopic (exact) mass is 346 g/mol. The highest BCUT2D eigenvalue weighted by atomic mass is 16.5. The molecule has 3 N–H and O–H groups in total. The molecule has 2 unspecified atom stereocenters. The molecule has 0 saturated carbocycles. The van der Waals surface area contributed by atoms with Crippen molar-refractivity contribution in [3.8, 4) is 5.75 Å². The van der Waals surface area contributed by atoms with Crippen molar-refractivity contribution in [3.63, 3.8) is 0 Å². The molecule has 0 aliphatic heterocycles. The topological polar surface area (TPSA) is 87.0 Å². The minimum atomic E-state index is -1.08. The van der Waals surface area contributed by atoms with Crippen molar-refractivity contribution in [2.24, 2.45) is 5.41 Å². The molecule has 0 heterocycles. The Morgan fingerprint density at radius 3 is 2.72 bits per heavy atom. The number of benzene rings is 1. The fraction of sp³-hybridized carbons (Fsp3) is 0.450. The first kappa shape index (κ1) is 19.2. The van der Waals surface area contributed by atoms with Crippen LogP contribution in [-0.2, 0) is 11.2 Å². The molecule has 0 fully saturated rings. The molecular formula is C20H26O5. The van der Waals surface area contributed by atoms with Crippen molar-refractivity contribution < 1.29 is 24.9 Å². The Bertz CT molecular complexity index is 687. The fourth-order valence-corrected chi connectivity index (χ4v) is 3.07. The van der Waals surface area contributed by atoms with Gasteiger partial charge in [0, 0.05) is 6.42 Å². The molecule has 2 atom stereocenters. The summed E-state index contributed by atoms with van der Waals surface area (Å²) in [5.41, 5.74) is 3.32. The second kappa shape index (κ2) is 7.85. The van der Waals surface area contributed by atoms with E-state index in [9.17, 15) is 15.0 Å². The molecule has 1 aromatic carbocycles. The lowest BCUT2D eigenvalue weighted by Gasteiger charge is -2.32. The standard InChI is InChI=1S/C20H26O5/c1-20(2)12-14-9-18(25-3)7-4-13(14)8-15(20)5-6-16(21)10-17(22)11-19(23)24/h4-9,16-17,21-22H,10-12H2,1-3H3,(H,23,24)/b6-5+. The van der Waals surface area contributed by atoms with Gasteiger partial charge in [0.25, 0.3) is 0 Å². The van der Waals surface area contributed by atoms with E-state index in [1.165, 1.54) is 5.56 Å². The minimum Gasteiger partial charge on any atom is -0.497 e. The number of carboxylic acid groups (broad SMARTS) is 1. The summed E-state index contributed by atoms with van der Waals surface area (Å²) in [5.74, 6) is -0.239. The van der Waals surface area contributed by atoms with E-state index in [2.05, 4.69) is 19.9 Å².